The van der Waals surface area contributed by atoms with Crippen LogP contribution in [-0.2, 0) is 6.54 Å². The molecular weight excluding hydrogens is 352 g/mol. The topological polar surface area (TPSA) is 66.9 Å². The SMILES string of the molecule is Cc1oc2ccc(O)c(C[NH+]3CCC(C)CC3)c2c1C(=O)Nc1ccccc1. The second kappa shape index (κ2) is 7.68. The largest absolute Gasteiger partial charge is 0.507 e. The summed E-state index contributed by atoms with van der Waals surface area (Å²) in [5.74, 6) is 1.35. The number of benzene rings is 2. The van der Waals surface area contributed by atoms with Crippen LogP contribution in [0.15, 0.2) is 46.9 Å². The zero-order valence-electron chi connectivity index (χ0n) is 16.4. The number of piperidine rings is 1. The summed E-state index contributed by atoms with van der Waals surface area (Å²) in [6.07, 6.45) is 2.38. The molecule has 1 fully saturated rings. The number of aryl methyl sites for hydroxylation is 1. The summed E-state index contributed by atoms with van der Waals surface area (Å²) < 4.78 is 5.88. The van der Waals surface area contributed by atoms with E-state index in [2.05, 4.69) is 12.2 Å². The van der Waals surface area contributed by atoms with Crippen LogP contribution >= 0.6 is 0 Å². The molecule has 28 heavy (non-hydrogen) atoms. The van der Waals surface area contributed by atoms with Crippen molar-refractivity contribution in [2.75, 3.05) is 18.4 Å². The van der Waals surface area contributed by atoms with Crippen LogP contribution in [-0.4, -0.2) is 24.1 Å². The van der Waals surface area contributed by atoms with Crippen LogP contribution in [0.4, 0.5) is 5.69 Å². The lowest BCUT2D eigenvalue weighted by molar-refractivity contribution is -0.919. The third kappa shape index (κ3) is 3.62. The Hall–Kier alpha value is -2.79. The number of phenols is 1. The Morgan fingerprint density at radius 1 is 1.18 bits per heavy atom. The summed E-state index contributed by atoms with van der Waals surface area (Å²) in [4.78, 5) is 14.5. The quantitative estimate of drug-likeness (QED) is 0.650. The minimum absolute atomic E-state index is 0.212. The second-order valence-electron chi connectivity index (χ2n) is 7.90. The van der Waals surface area contributed by atoms with Gasteiger partial charge in [0, 0.05) is 11.1 Å². The molecule has 1 aliphatic rings. The van der Waals surface area contributed by atoms with E-state index in [1.165, 1.54) is 17.7 Å². The molecule has 0 unspecified atom stereocenters. The molecule has 5 heteroatoms. The fourth-order valence-corrected chi connectivity index (χ4v) is 4.13. The lowest BCUT2D eigenvalue weighted by Crippen LogP contribution is -3.11. The predicted octanol–water partition coefficient (Wildman–Crippen LogP) is 3.51. The van der Waals surface area contributed by atoms with Crippen molar-refractivity contribution >= 4 is 22.6 Å². The highest BCUT2D eigenvalue weighted by Crippen LogP contribution is 2.34. The average molecular weight is 379 g/mol. The number of aromatic hydroxyl groups is 1. The summed E-state index contributed by atoms with van der Waals surface area (Å²) in [7, 11) is 0. The van der Waals surface area contributed by atoms with E-state index in [0.29, 0.717) is 23.5 Å². The lowest BCUT2D eigenvalue weighted by atomic mass is 9.97. The van der Waals surface area contributed by atoms with Gasteiger partial charge in [0.25, 0.3) is 5.91 Å². The molecule has 0 spiro atoms. The van der Waals surface area contributed by atoms with Gasteiger partial charge in [-0.3, -0.25) is 4.79 Å². The van der Waals surface area contributed by atoms with Crippen molar-refractivity contribution in [2.45, 2.75) is 33.2 Å². The number of carbonyl (C=O) groups is 1. The number of quaternary nitrogens is 1. The van der Waals surface area contributed by atoms with Gasteiger partial charge in [-0.1, -0.05) is 25.1 Å². The van der Waals surface area contributed by atoms with Crippen molar-refractivity contribution in [1.82, 2.24) is 0 Å². The number of hydrogen-bond donors (Lipinski definition) is 3. The van der Waals surface area contributed by atoms with Gasteiger partial charge in [-0.2, -0.15) is 0 Å². The van der Waals surface area contributed by atoms with Gasteiger partial charge in [0.05, 0.1) is 24.2 Å². The Morgan fingerprint density at radius 2 is 1.89 bits per heavy atom. The minimum Gasteiger partial charge on any atom is -0.507 e. The number of rotatable bonds is 4. The number of amides is 1. The molecular formula is C23H27N2O3+. The summed E-state index contributed by atoms with van der Waals surface area (Å²) in [5, 5.41) is 14.3. The van der Waals surface area contributed by atoms with Crippen molar-refractivity contribution in [2.24, 2.45) is 5.92 Å². The summed E-state index contributed by atoms with van der Waals surface area (Å²) in [6, 6.07) is 12.8. The fraction of sp³-hybridized carbons (Fsp3) is 0.348. The highest BCUT2D eigenvalue weighted by molar-refractivity contribution is 6.14. The molecule has 2 aromatic carbocycles. The van der Waals surface area contributed by atoms with E-state index in [1.807, 2.05) is 30.3 Å². The number of furan rings is 1. The molecule has 3 aromatic rings. The molecule has 3 N–H and O–H groups in total. The fourth-order valence-electron chi connectivity index (χ4n) is 4.13. The summed E-state index contributed by atoms with van der Waals surface area (Å²) in [6.45, 7) is 6.95. The molecule has 0 saturated carbocycles. The Labute approximate surface area is 165 Å². The molecule has 0 aliphatic carbocycles. The van der Waals surface area contributed by atoms with Crippen LogP contribution in [0.25, 0.3) is 11.0 Å². The van der Waals surface area contributed by atoms with Gasteiger partial charge in [-0.25, -0.2) is 0 Å². The van der Waals surface area contributed by atoms with E-state index in [-0.39, 0.29) is 11.7 Å². The Bertz CT molecular complexity index is 986. The van der Waals surface area contributed by atoms with E-state index in [0.717, 1.165) is 35.6 Å². The third-order valence-electron chi connectivity index (χ3n) is 5.78. The van der Waals surface area contributed by atoms with Crippen LogP contribution in [0.2, 0.25) is 0 Å². The van der Waals surface area contributed by atoms with Crippen LogP contribution in [0, 0.1) is 12.8 Å². The maximum absolute atomic E-state index is 13.0. The molecule has 2 heterocycles. The van der Waals surface area contributed by atoms with Crippen LogP contribution in [0.1, 0.15) is 41.4 Å². The highest BCUT2D eigenvalue weighted by Gasteiger charge is 2.26. The van der Waals surface area contributed by atoms with Crippen molar-refractivity contribution in [1.29, 1.82) is 0 Å². The number of fused-ring (bicyclic) bond motifs is 1. The number of phenolic OH excluding ortho intramolecular Hbond substituents is 1. The first-order valence-corrected chi connectivity index (χ1v) is 9.97. The van der Waals surface area contributed by atoms with E-state index in [1.54, 1.807) is 19.1 Å². The van der Waals surface area contributed by atoms with Crippen molar-refractivity contribution in [3.8, 4) is 5.75 Å². The Kier molecular flexibility index (Phi) is 5.09. The van der Waals surface area contributed by atoms with Crippen LogP contribution in [0.3, 0.4) is 0 Å². The van der Waals surface area contributed by atoms with Crippen molar-refractivity contribution in [3.63, 3.8) is 0 Å². The first-order chi connectivity index (χ1) is 13.5. The number of likely N-dealkylation sites (tertiary alicyclic amines) is 1. The zero-order valence-corrected chi connectivity index (χ0v) is 16.4. The number of hydrogen-bond acceptors (Lipinski definition) is 3. The van der Waals surface area contributed by atoms with Crippen LogP contribution in [0.5, 0.6) is 5.75 Å². The Morgan fingerprint density at radius 3 is 2.61 bits per heavy atom. The standard InChI is InChI=1S/C23H26N2O3/c1-15-10-12-25(13-11-15)14-18-19(26)8-9-20-22(18)21(16(2)28-20)23(27)24-17-6-4-3-5-7-17/h3-9,15,26H,10-14H2,1-2H3,(H,24,27)/p+1. The Balaban J connectivity index is 1.71. The molecule has 1 saturated heterocycles. The third-order valence-corrected chi connectivity index (χ3v) is 5.78. The van der Waals surface area contributed by atoms with E-state index < -0.39 is 0 Å². The van der Waals surface area contributed by atoms with Gasteiger partial charge >= 0.3 is 0 Å². The molecule has 146 valence electrons. The first-order valence-electron chi connectivity index (χ1n) is 9.97. The molecule has 0 bridgehead atoms. The average Bonchev–Trinajstić information content (AvgIpc) is 3.03. The molecule has 1 amide bonds. The first kappa shape index (κ1) is 18.6. The van der Waals surface area contributed by atoms with Gasteiger partial charge in [-0.15, -0.1) is 0 Å². The summed E-state index contributed by atoms with van der Waals surface area (Å²) in [5.41, 5.74) is 2.69. The van der Waals surface area contributed by atoms with Gasteiger partial charge in [0.2, 0.25) is 0 Å². The number of para-hydroxylation sites is 1. The van der Waals surface area contributed by atoms with E-state index >= 15 is 0 Å². The number of nitrogens with one attached hydrogen (secondary N) is 2. The molecule has 1 aliphatic heterocycles. The van der Waals surface area contributed by atoms with Crippen molar-refractivity contribution < 1.29 is 19.2 Å². The summed E-state index contributed by atoms with van der Waals surface area (Å²) >= 11 is 0. The monoisotopic (exact) mass is 379 g/mol. The molecule has 0 atom stereocenters. The zero-order chi connectivity index (χ0) is 19.7. The van der Waals surface area contributed by atoms with E-state index in [9.17, 15) is 9.90 Å². The van der Waals surface area contributed by atoms with Gasteiger partial charge in [0.15, 0.2) is 0 Å². The molecule has 1 aromatic heterocycles. The minimum atomic E-state index is -0.212. The highest BCUT2D eigenvalue weighted by atomic mass is 16.3. The maximum Gasteiger partial charge on any atom is 0.259 e. The normalized spacial score (nSPS) is 19.6. The van der Waals surface area contributed by atoms with E-state index in [4.69, 9.17) is 4.42 Å². The second-order valence-corrected chi connectivity index (χ2v) is 7.90. The maximum atomic E-state index is 13.0. The van der Waals surface area contributed by atoms with Gasteiger partial charge < -0.3 is 19.7 Å². The van der Waals surface area contributed by atoms with Gasteiger partial charge in [0.1, 0.15) is 23.6 Å². The molecule has 0 radical (unpaired) electrons. The molecule has 5 nitrogen and oxygen atoms in total. The lowest BCUT2D eigenvalue weighted by Gasteiger charge is -2.27. The van der Waals surface area contributed by atoms with Crippen LogP contribution < -0.4 is 10.2 Å². The predicted molar refractivity (Wildman–Crippen MR) is 110 cm³/mol. The number of carbonyl (C=O) groups excluding carboxylic acids is 1. The van der Waals surface area contributed by atoms with Crippen molar-refractivity contribution in [3.05, 3.63) is 59.4 Å². The molecule has 4 rings (SSSR count). The number of anilines is 1. The van der Waals surface area contributed by atoms with Gasteiger partial charge in [-0.05, 0) is 49.9 Å². The smallest absolute Gasteiger partial charge is 0.259 e.